The molecule has 6 heteroatoms. The van der Waals surface area contributed by atoms with Gasteiger partial charge in [-0.1, -0.05) is 70.8 Å². The van der Waals surface area contributed by atoms with Gasteiger partial charge in [-0.05, 0) is 12.5 Å². The fraction of sp³-hybridized carbons (Fsp3) is 0.632. The molecule has 25 heavy (non-hydrogen) atoms. The van der Waals surface area contributed by atoms with Crippen LogP contribution in [0.3, 0.4) is 0 Å². The van der Waals surface area contributed by atoms with Gasteiger partial charge in [-0.3, -0.25) is 14.9 Å². The lowest BCUT2D eigenvalue weighted by Gasteiger charge is -2.07. The van der Waals surface area contributed by atoms with E-state index in [2.05, 4.69) is 12.2 Å². The van der Waals surface area contributed by atoms with Crippen molar-refractivity contribution >= 4 is 11.6 Å². The quantitative estimate of drug-likeness (QED) is 0.299. The highest BCUT2D eigenvalue weighted by molar-refractivity contribution is 6.00. The Bertz CT molecular complexity index is 546. The van der Waals surface area contributed by atoms with Crippen LogP contribution in [0.5, 0.6) is 5.75 Å². The molecule has 0 aliphatic carbocycles. The van der Waals surface area contributed by atoms with Crippen LogP contribution in [-0.2, 0) is 0 Å². The number of carbonyl (C=O) groups is 1. The minimum atomic E-state index is -0.658. The van der Waals surface area contributed by atoms with E-state index in [0.717, 1.165) is 19.3 Å². The third-order valence-corrected chi connectivity index (χ3v) is 4.26. The molecular weight excluding hydrogens is 320 g/mol. The number of aromatic hydroxyl groups is 1. The molecule has 0 bridgehead atoms. The predicted molar refractivity (Wildman–Crippen MR) is 98.9 cm³/mol. The molecule has 0 radical (unpaired) electrons. The van der Waals surface area contributed by atoms with Crippen molar-refractivity contribution in [2.45, 2.75) is 71.1 Å². The number of phenols is 1. The van der Waals surface area contributed by atoms with E-state index in [-0.39, 0.29) is 17.0 Å². The molecular formula is C19H30N2O4. The molecule has 0 saturated heterocycles. The summed E-state index contributed by atoms with van der Waals surface area (Å²) < 4.78 is 0. The summed E-state index contributed by atoms with van der Waals surface area (Å²) in [7, 11) is 0. The summed E-state index contributed by atoms with van der Waals surface area (Å²) in [6.07, 6.45) is 12.0. The lowest BCUT2D eigenvalue weighted by molar-refractivity contribution is -0.385. The lowest BCUT2D eigenvalue weighted by Crippen LogP contribution is -2.25. The molecule has 0 unspecified atom stereocenters. The second-order valence-electron chi connectivity index (χ2n) is 6.37. The van der Waals surface area contributed by atoms with Crippen LogP contribution in [0.4, 0.5) is 5.69 Å². The number of hydrogen-bond acceptors (Lipinski definition) is 4. The molecule has 0 fully saturated rings. The van der Waals surface area contributed by atoms with Crippen molar-refractivity contribution in [2.75, 3.05) is 6.54 Å². The Kier molecular flexibility index (Phi) is 10.3. The maximum atomic E-state index is 12.1. The van der Waals surface area contributed by atoms with Gasteiger partial charge in [0.15, 0.2) is 5.56 Å². The highest BCUT2D eigenvalue weighted by Gasteiger charge is 2.23. The minimum absolute atomic E-state index is 0.264. The van der Waals surface area contributed by atoms with Crippen molar-refractivity contribution < 1.29 is 14.8 Å². The van der Waals surface area contributed by atoms with Gasteiger partial charge in [0.25, 0.3) is 11.6 Å². The first-order chi connectivity index (χ1) is 12.1. The second-order valence-corrected chi connectivity index (χ2v) is 6.37. The standard InChI is InChI=1S/C19H30N2O4/c1-2-3-4-5-6-7-8-9-10-11-15-20-19(23)18-16(21(24)25)13-12-14-17(18)22/h12-14,22H,2-11,15H2,1H3,(H,20,23). The van der Waals surface area contributed by atoms with Crippen LogP contribution in [0.25, 0.3) is 0 Å². The van der Waals surface area contributed by atoms with Gasteiger partial charge >= 0.3 is 0 Å². The molecule has 140 valence electrons. The predicted octanol–water partition coefficient (Wildman–Crippen LogP) is 4.95. The Morgan fingerprint density at radius 3 is 2.16 bits per heavy atom. The molecule has 0 heterocycles. The van der Waals surface area contributed by atoms with Crippen molar-refractivity contribution in [1.82, 2.24) is 5.32 Å². The van der Waals surface area contributed by atoms with Crippen molar-refractivity contribution in [3.8, 4) is 5.75 Å². The molecule has 1 amide bonds. The number of benzene rings is 1. The molecule has 2 N–H and O–H groups in total. The maximum Gasteiger partial charge on any atom is 0.285 e. The Labute approximate surface area is 149 Å². The van der Waals surface area contributed by atoms with Crippen molar-refractivity contribution in [2.24, 2.45) is 0 Å². The van der Waals surface area contributed by atoms with Crippen LogP contribution < -0.4 is 5.32 Å². The maximum absolute atomic E-state index is 12.1. The Morgan fingerprint density at radius 1 is 1.04 bits per heavy atom. The third kappa shape index (κ3) is 8.01. The highest BCUT2D eigenvalue weighted by atomic mass is 16.6. The van der Waals surface area contributed by atoms with E-state index >= 15 is 0 Å². The SMILES string of the molecule is CCCCCCCCCCCCNC(=O)c1c(O)cccc1[N+](=O)[O-]. The molecule has 0 atom stereocenters. The van der Waals surface area contributed by atoms with Crippen molar-refractivity contribution in [3.05, 3.63) is 33.9 Å². The fourth-order valence-corrected chi connectivity index (χ4v) is 2.82. The zero-order chi connectivity index (χ0) is 18.5. The minimum Gasteiger partial charge on any atom is -0.507 e. The highest BCUT2D eigenvalue weighted by Crippen LogP contribution is 2.26. The van der Waals surface area contributed by atoms with E-state index < -0.39 is 10.8 Å². The third-order valence-electron chi connectivity index (χ3n) is 4.26. The summed E-state index contributed by atoms with van der Waals surface area (Å²) in [5.41, 5.74) is -0.639. The summed E-state index contributed by atoms with van der Waals surface area (Å²) in [5.74, 6) is -0.963. The van der Waals surface area contributed by atoms with E-state index in [0.29, 0.717) is 6.54 Å². The van der Waals surface area contributed by atoms with Gasteiger partial charge < -0.3 is 10.4 Å². The van der Waals surface area contributed by atoms with Gasteiger partial charge in [0.1, 0.15) is 5.75 Å². The van der Waals surface area contributed by atoms with E-state index in [1.807, 2.05) is 0 Å². The van der Waals surface area contributed by atoms with Gasteiger partial charge in [0, 0.05) is 12.6 Å². The van der Waals surface area contributed by atoms with Crippen molar-refractivity contribution in [3.63, 3.8) is 0 Å². The fourth-order valence-electron chi connectivity index (χ4n) is 2.82. The number of nitro benzene ring substituents is 1. The largest absolute Gasteiger partial charge is 0.507 e. The zero-order valence-corrected chi connectivity index (χ0v) is 15.1. The molecule has 1 rings (SSSR count). The van der Waals surface area contributed by atoms with Gasteiger partial charge in [-0.2, -0.15) is 0 Å². The number of nitro groups is 1. The van der Waals surface area contributed by atoms with Crippen LogP contribution >= 0.6 is 0 Å². The van der Waals surface area contributed by atoms with Crippen LogP contribution in [-0.4, -0.2) is 22.5 Å². The smallest absolute Gasteiger partial charge is 0.285 e. The molecule has 6 nitrogen and oxygen atoms in total. The molecule has 1 aromatic carbocycles. The monoisotopic (exact) mass is 350 g/mol. The molecule has 1 aromatic rings. The van der Waals surface area contributed by atoms with E-state index in [1.54, 1.807) is 0 Å². The van der Waals surface area contributed by atoms with E-state index in [9.17, 15) is 20.0 Å². The Balaban J connectivity index is 2.19. The number of unbranched alkanes of at least 4 members (excludes halogenated alkanes) is 9. The number of phenolic OH excluding ortho intramolecular Hbond substituents is 1. The molecule has 0 spiro atoms. The lowest BCUT2D eigenvalue weighted by atomic mass is 10.1. The van der Waals surface area contributed by atoms with Crippen LogP contribution in [0, 0.1) is 10.1 Å². The summed E-state index contributed by atoms with van der Waals surface area (Å²) in [6.45, 7) is 2.68. The van der Waals surface area contributed by atoms with Crippen LogP contribution in [0.15, 0.2) is 18.2 Å². The average molecular weight is 350 g/mol. The first-order valence-electron chi connectivity index (χ1n) is 9.32. The summed E-state index contributed by atoms with van der Waals surface area (Å²) in [6, 6.07) is 3.85. The van der Waals surface area contributed by atoms with E-state index in [4.69, 9.17) is 0 Å². The number of nitrogens with zero attached hydrogens (tertiary/aromatic N) is 1. The number of amides is 1. The Hall–Kier alpha value is -2.11. The first-order valence-corrected chi connectivity index (χ1v) is 9.32. The summed E-state index contributed by atoms with van der Waals surface area (Å²) >= 11 is 0. The number of nitrogens with one attached hydrogen (secondary N) is 1. The Morgan fingerprint density at radius 2 is 1.60 bits per heavy atom. The molecule has 0 saturated carbocycles. The topological polar surface area (TPSA) is 92.5 Å². The van der Waals surface area contributed by atoms with Crippen LogP contribution in [0.1, 0.15) is 81.5 Å². The van der Waals surface area contributed by atoms with Gasteiger partial charge in [0.2, 0.25) is 0 Å². The number of carbonyl (C=O) groups excluding carboxylic acids is 1. The zero-order valence-electron chi connectivity index (χ0n) is 15.1. The molecule has 0 aliphatic rings. The number of rotatable bonds is 13. The molecule has 0 aliphatic heterocycles. The normalized spacial score (nSPS) is 10.6. The van der Waals surface area contributed by atoms with Gasteiger partial charge in [0.05, 0.1) is 4.92 Å². The average Bonchev–Trinajstić information content (AvgIpc) is 2.59. The first kappa shape index (κ1) is 20.9. The summed E-state index contributed by atoms with van der Waals surface area (Å²) in [5, 5.41) is 23.3. The number of hydrogen-bond donors (Lipinski definition) is 2. The molecule has 0 aromatic heterocycles. The second kappa shape index (κ2) is 12.3. The van der Waals surface area contributed by atoms with E-state index in [1.165, 1.54) is 63.1 Å². The summed E-state index contributed by atoms with van der Waals surface area (Å²) in [4.78, 5) is 22.4. The van der Waals surface area contributed by atoms with Gasteiger partial charge in [-0.15, -0.1) is 0 Å². The van der Waals surface area contributed by atoms with Crippen LogP contribution in [0.2, 0.25) is 0 Å². The van der Waals surface area contributed by atoms with Crippen molar-refractivity contribution in [1.29, 1.82) is 0 Å². The van der Waals surface area contributed by atoms with Gasteiger partial charge in [-0.25, -0.2) is 0 Å².